The first kappa shape index (κ1) is 56.1. The van der Waals surface area contributed by atoms with E-state index in [4.69, 9.17) is 4.74 Å². The molecule has 79 heavy (non-hydrogen) atoms. The molecule has 22 heteroatoms. The molecular weight excluding hydrogens is 1060 g/mol. The van der Waals surface area contributed by atoms with Crippen molar-refractivity contribution in [2.24, 2.45) is 5.41 Å². The third-order valence-electron chi connectivity index (χ3n) is 14.6. The van der Waals surface area contributed by atoms with Gasteiger partial charge in [0.2, 0.25) is 23.6 Å². The highest BCUT2D eigenvalue weighted by Crippen LogP contribution is 2.59. The Labute approximate surface area is 457 Å². The van der Waals surface area contributed by atoms with Crippen molar-refractivity contribution in [2.75, 3.05) is 26.2 Å². The lowest BCUT2D eigenvalue weighted by Gasteiger charge is -2.43. The number of halogens is 2. The summed E-state index contributed by atoms with van der Waals surface area (Å²) in [6.07, 6.45) is 2.54. The number of likely N-dealkylation sites (tertiary alicyclic amines) is 1. The maximum absolute atomic E-state index is 15.2. The molecule has 9 rings (SSSR count). The number of piperidine rings is 2. The molecule has 0 aliphatic carbocycles. The maximum Gasteiger partial charge on any atom is 0.399 e. The normalized spacial score (nSPS) is 19.0. The molecule has 5 heterocycles. The number of alkyl halides is 2. The smallest absolute Gasteiger partial charge is 0.399 e. The molecule has 18 nitrogen and oxygen atoms in total. The summed E-state index contributed by atoms with van der Waals surface area (Å²) < 4.78 is 47.2. The SMILES string of the molecule is CC(C)(C)[C@H](NC(=O)c1cc2cc(C(F)(F)P(=O)(O)O)ccc2s1)C(=O)N1Cc2cc(OCC(=O)NCCCC#Cc3cccc4c3C(=O)N(C3CCC(=O)NC3=O)C4=O)ccc2C[C@H]1C(=O)N1CCCC(c2ccccc2)C1. The van der Waals surface area contributed by atoms with Crippen molar-refractivity contribution >= 4 is 76.3 Å². The third-order valence-corrected chi connectivity index (χ3v) is 16.7. The van der Waals surface area contributed by atoms with Crippen molar-refractivity contribution in [3.8, 4) is 17.6 Å². The summed E-state index contributed by atoms with van der Waals surface area (Å²) in [6.45, 7) is 6.03. The Bertz CT molecular complexity index is 3420. The average molecular weight is 1120 g/mol. The van der Waals surface area contributed by atoms with Crippen molar-refractivity contribution in [1.82, 2.24) is 30.7 Å². The number of fused-ring (bicyclic) bond motifs is 3. The molecule has 412 valence electrons. The first-order valence-electron chi connectivity index (χ1n) is 25.8. The summed E-state index contributed by atoms with van der Waals surface area (Å²) in [5.41, 5.74) is -3.26. The third kappa shape index (κ3) is 11.9. The molecule has 2 saturated heterocycles. The molecule has 2 fully saturated rings. The number of hydrogen-bond donors (Lipinski definition) is 5. The van der Waals surface area contributed by atoms with E-state index in [9.17, 15) is 56.7 Å². The summed E-state index contributed by atoms with van der Waals surface area (Å²) >= 11 is 0.948. The number of hydrogen-bond acceptors (Lipinski definition) is 11. The number of nitrogens with one attached hydrogen (secondary N) is 3. The molecular formula is C57H57F2N6O12PS. The van der Waals surface area contributed by atoms with Crippen molar-refractivity contribution < 1.29 is 66.2 Å². The van der Waals surface area contributed by atoms with Crippen LogP contribution in [0.25, 0.3) is 10.1 Å². The quantitative estimate of drug-likeness (QED) is 0.0353. The summed E-state index contributed by atoms with van der Waals surface area (Å²) in [4.78, 5) is 131. The van der Waals surface area contributed by atoms with Crippen LogP contribution >= 0.6 is 18.9 Å². The molecule has 5 aromatic rings. The second-order valence-electron chi connectivity index (χ2n) is 21.1. The lowest BCUT2D eigenvalue weighted by atomic mass is 9.83. The predicted molar refractivity (Wildman–Crippen MR) is 286 cm³/mol. The molecule has 0 bridgehead atoms. The fourth-order valence-electron chi connectivity index (χ4n) is 10.4. The van der Waals surface area contributed by atoms with E-state index in [1.807, 2.05) is 30.3 Å². The highest BCUT2D eigenvalue weighted by Gasteiger charge is 2.51. The Hall–Kier alpha value is -7.63. The predicted octanol–water partition coefficient (Wildman–Crippen LogP) is 6.36. The van der Waals surface area contributed by atoms with Gasteiger partial charge in [-0.2, -0.15) is 8.78 Å². The van der Waals surface area contributed by atoms with Crippen LogP contribution in [0.15, 0.2) is 91.0 Å². The largest absolute Gasteiger partial charge is 0.484 e. The van der Waals surface area contributed by atoms with Gasteiger partial charge in [0.25, 0.3) is 23.6 Å². The Kier molecular flexibility index (Phi) is 16.1. The van der Waals surface area contributed by atoms with Gasteiger partial charge in [0, 0.05) is 67.2 Å². The van der Waals surface area contributed by atoms with Crippen LogP contribution in [-0.2, 0) is 47.2 Å². The van der Waals surface area contributed by atoms with Crippen LogP contribution in [0.3, 0.4) is 0 Å². The lowest BCUT2D eigenvalue weighted by Crippen LogP contribution is -2.61. The Morgan fingerprint density at radius 2 is 1.70 bits per heavy atom. The molecule has 8 amide bonds. The summed E-state index contributed by atoms with van der Waals surface area (Å²) in [6, 6.07) is 20.9. The fourth-order valence-corrected chi connectivity index (χ4v) is 11.8. The molecule has 0 spiro atoms. The average Bonchev–Trinajstić information content (AvgIpc) is 4.22. The van der Waals surface area contributed by atoms with Crippen LogP contribution < -0.4 is 20.7 Å². The number of benzene rings is 4. The molecule has 1 aromatic heterocycles. The van der Waals surface area contributed by atoms with E-state index in [1.165, 1.54) is 23.1 Å². The highest BCUT2D eigenvalue weighted by molar-refractivity contribution is 7.52. The highest BCUT2D eigenvalue weighted by atomic mass is 32.1. The Balaban J connectivity index is 0.865. The zero-order valence-corrected chi connectivity index (χ0v) is 45.1. The second-order valence-corrected chi connectivity index (χ2v) is 23.8. The van der Waals surface area contributed by atoms with E-state index in [1.54, 1.807) is 56.0 Å². The Morgan fingerprint density at radius 3 is 2.43 bits per heavy atom. The minimum atomic E-state index is -5.87. The number of unbranched alkanes of at least 4 members (excludes halogenated alkanes) is 1. The number of rotatable bonds is 14. The first-order valence-corrected chi connectivity index (χ1v) is 28.2. The number of imide groups is 2. The van der Waals surface area contributed by atoms with Gasteiger partial charge in [0.05, 0.1) is 16.0 Å². The fraction of sp³-hybridized carbons (Fsp3) is 0.368. The minimum Gasteiger partial charge on any atom is -0.484 e. The summed E-state index contributed by atoms with van der Waals surface area (Å²) in [5.74, 6) is 1.93. The van der Waals surface area contributed by atoms with E-state index in [0.29, 0.717) is 47.5 Å². The molecule has 2 unspecified atom stereocenters. The van der Waals surface area contributed by atoms with E-state index < -0.39 is 83.7 Å². The molecule has 4 aromatic carbocycles. The number of thiophene rings is 1. The van der Waals surface area contributed by atoms with Crippen molar-refractivity contribution in [1.29, 1.82) is 0 Å². The lowest BCUT2D eigenvalue weighted by molar-refractivity contribution is -0.150. The number of ether oxygens (including phenoxy) is 1. The monoisotopic (exact) mass is 1120 g/mol. The number of nitrogens with zero attached hydrogens (tertiary/aromatic N) is 3. The zero-order valence-electron chi connectivity index (χ0n) is 43.4. The zero-order chi connectivity index (χ0) is 56.6. The molecule has 4 aliphatic rings. The topological polar surface area (TPSA) is 249 Å². The standard InChI is InChI=1S/C57H57F2N6O12PS/c1-56(2,3)49(62-51(69)45-29-37-26-39(19-22-44(37)79-45)57(58,59)78(74,75)76)55(73)64-31-38-27-40(20-18-35(38)28-43(64)53(71)63-25-11-16-36(30-63)33-12-6-4-7-13-33)77-32-47(67)60-24-9-5-8-14-34-15-10-17-41-48(34)54(72)65(52(41)70)42-21-23-46(66)61-50(42)68/h4,6-7,10,12-13,15,17-20,22,26-27,29,36,42-43,49H,5,9,11,16,21,23-25,28,30-32H2,1-3H3,(H,60,67)(H,62,69)(H,61,66,68)(H2,74,75,76)/t36?,42?,43-,49+/m0/s1. The maximum atomic E-state index is 15.2. The molecule has 0 saturated carbocycles. The number of amides is 8. The van der Waals surface area contributed by atoms with Gasteiger partial charge in [-0.1, -0.05) is 81.1 Å². The van der Waals surface area contributed by atoms with Gasteiger partial charge >= 0.3 is 13.3 Å². The number of carbonyl (C=O) groups is 8. The van der Waals surface area contributed by atoms with Gasteiger partial charge in [0.1, 0.15) is 23.9 Å². The molecule has 4 aliphatic heterocycles. The van der Waals surface area contributed by atoms with Gasteiger partial charge in [-0.3, -0.25) is 53.1 Å². The first-order chi connectivity index (χ1) is 37.5. The summed E-state index contributed by atoms with van der Waals surface area (Å²) in [5, 5.41) is 7.97. The molecule has 5 N–H and O–H groups in total. The van der Waals surface area contributed by atoms with Crippen LogP contribution in [0.4, 0.5) is 8.78 Å². The van der Waals surface area contributed by atoms with Crippen LogP contribution in [0.1, 0.15) is 123 Å². The number of carbonyl (C=O) groups excluding carboxylic acids is 8. The molecule has 4 atom stereocenters. The van der Waals surface area contributed by atoms with Gasteiger partial charge in [-0.25, -0.2) is 0 Å². The van der Waals surface area contributed by atoms with Gasteiger partial charge < -0.3 is 35.0 Å². The van der Waals surface area contributed by atoms with Crippen molar-refractivity contribution in [2.45, 2.75) is 102 Å². The van der Waals surface area contributed by atoms with Gasteiger partial charge in [-0.15, -0.1) is 11.3 Å². The van der Waals surface area contributed by atoms with Crippen molar-refractivity contribution in [3.05, 3.63) is 135 Å². The molecule has 0 radical (unpaired) electrons. The van der Waals surface area contributed by atoms with Crippen LogP contribution in [0.2, 0.25) is 0 Å². The van der Waals surface area contributed by atoms with Crippen LogP contribution in [0, 0.1) is 17.3 Å². The van der Waals surface area contributed by atoms with Crippen molar-refractivity contribution in [3.63, 3.8) is 0 Å². The van der Waals surface area contributed by atoms with E-state index in [2.05, 4.69) is 27.8 Å². The Morgan fingerprint density at radius 1 is 0.924 bits per heavy atom. The second kappa shape index (κ2) is 22.6. The van der Waals surface area contributed by atoms with Crippen LogP contribution in [-0.4, -0.2) is 116 Å². The van der Waals surface area contributed by atoms with Gasteiger partial charge in [0.15, 0.2) is 6.61 Å². The minimum absolute atomic E-state index is 0.00321. The van der Waals surface area contributed by atoms with Crippen LogP contribution in [0.5, 0.6) is 5.75 Å². The van der Waals surface area contributed by atoms with E-state index >= 15 is 4.79 Å². The summed E-state index contributed by atoms with van der Waals surface area (Å²) in [7, 11) is -5.87. The van der Waals surface area contributed by atoms with Gasteiger partial charge in [-0.05, 0) is 95.6 Å². The van der Waals surface area contributed by atoms with E-state index in [-0.39, 0.29) is 72.2 Å². The van der Waals surface area contributed by atoms with E-state index in [0.717, 1.165) is 52.3 Å².